The lowest BCUT2D eigenvalue weighted by Crippen LogP contribution is -2.45. The molecule has 2 aliphatic heterocycles. The minimum absolute atomic E-state index is 0.0353. The number of likely N-dealkylation sites (tertiary alicyclic amines) is 2. The maximum atomic E-state index is 13.2. The molecular formula is C25H31F2N3O2. The van der Waals surface area contributed by atoms with Gasteiger partial charge in [0.15, 0.2) is 0 Å². The Labute approximate surface area is 188 Å². The zero-order chi connectivity index (χ0) is 22.6. The SMILES string of the molecule is N[C@@H](CCN1CCC2(CC1)CCN(Cc1ccc(OC(F)F)cc1)C2=O)c1ccccc1. The average molecular weight is 444 g/mol. The molecule has 2 aliphatic rings. The summed E-state index contributed by atoms with van der Waals surface area (Å²) in [5, 5.41) is 0. The smallest absolute Gasteiger partial charge is 0.387 e. The molecular weight excluding hydrogens is 412 g/mol. The van der Waals surface area contributed by atoms with Crippen LogP contribution in [0.1, 0.15) is 42.9 Å². The molecule has 2 fully saturated rings. The van der Waals surface area contributed by atoms with Crippen LogP contribution in [0.25, 0.3) is 0 Å². The van der Waals surface area contributed by atoms with Gasteiger partial charge in [-0.25, -0.2) is 0 Å². The van der Waals surface area contributed by atoms with Gasteiger partial charge in [0.2, 0.25) is 5.91 Å². The van der Waals surface area contributed by atoms with Gasteiger partial charge in [-0.3, -0.25) is 4.79 Å². The second kappa shape index (κ2) is 9.96. The maximum absolute atomic E-state index is 13.2. The van der Waals surface area contributed by atoms with E-state index in [2.05, 4.69) is 21.8 Å². The number of carbonyl (C=O) groups excluding carboxylic acids is 1. The molecule has 4 rings (SSSR count). The lowest BCUT2D eigenvalue weighted by Gasteiger charge is -2.38. The number of benzene rings is 2. The van der Waals surface area contributed by atoms with Crippen LogP contribution in [0.4, 0.5) is 8.78 Å². The van der Waals surface area contributed by atoms with Crippen LogP contribution in [0.5, 0.6) is 5.75 Å². The topological polar surface area (TPSA) is 58.8 Å². The molecule has 0 saturated carbocycles. The molecule has 2 saturated heterocycles. The maximum Gasteiger partial charge on any atom is 0.387 e. The van der Waals surface area contributed by atoms with Gasteiger partial charge in [0.05, 0.1) is 5.41 Å². The summed E-state index contributed by atoms with van der Waals surface area (Å²) in [6, 6.07) is 16.7. The lowest BCUT2D eigenvalue weighted by atomic mass is 9.77. The third-order valence-corrected chi connectivity index (χ3v) is 6.92. The van der Waals surface area contributed by atoms with Crippen molar-refractivity contribution in [3.63, 3.8) is 0 Å². The van der Waals surface area contributed by atoms with Crippen molar-refractivity contribution in [3.05, 3.63) is 65.7 Å². The largest absolute Gasteiger partial charge is 0.435 e. The fraction of sp³-hybridized carbons (Fsp3) is 0.480. The predicted octanol–water partition coefficient (Wildman–Crippen LogP) is 4.19. The Bertz CT molecular complexity index is 884. The Morgan fingerprint density at radius 3 is 2.28 bits per heavy atom. The highest BCUT2D eigenvalue weighted by atomic mass is 19.3. The summed E-state index contributed by atoms with van der Waals surface area (Å²) >= 11 is 0. The van der Waals surface area contributed by atoms with E-state index in [4.69, 9.17) is 5.73 Å². The van der Waals surface area contributed by atoms with Gasteiger partial charge < -0.3 is 20.3 Å². The van der Waals surface area contributed by atoms with Crippen LogP contribution < -0.4 is 10.5 Å². The minimum Gasteiger partial charge on any atom is -0.435 e. The monoisotopic (exact) mass is 443 g/mol. The molecule has 32 heavy (non-hydrogen) atoms. The van der Waals surface area contributed by atoms with E-state index in [9.17, 15) is 13.6 Å². The van der Waals surface area contributed by atoms with Crippen molar-refractivity contribution in [1.82, 2.24) is 9.80 Å². The second-order valence-corrected chi connectivity index (χ2v) is 8.93. The van der Waals surface area contributed by atoms with Gasteiger partial charge in [0.25, 0.3) is 0 Å². The van der Waals surface area contributed by atoms with E-state index in [0.717, 1.165) is 63.0 Å². The summed E-state index contributed by atoms with van der Waals surface area (Å²) in [4.78, 5) is 17.5. The molecule has 0 aromatic heterocycles. The van der Waals surface area contributed by atoms with E-state index in [1.807, 2.05) is 23.1 Å². The van der Waals surface area contributed by atoms with Crippen molar-refractivity contribution in [2.75, 3.05) is 26.2 Å². The van der Waals surface area contributed by atoms with E-state index in [1.54, 1.807) is 12.1 Å². The molecule has 0 unspecified atom stereocenters. The Kier molecular flexibility index (Phi) is 7.06. The standard InChI is InChI=1S/C25H31F2N3O2/c26-24(27)32-21-8-6-19(7-9-21)18-30-17-13-25(23(30)31)11-15-29(16-12-25)14-10-22(28)20-4-2-1-3-5-20/h1-9,22,24H,10-18,28H2/t22-/m0/s1. The predicted molar refractivity (Wildman–Crippen MR) is 119 cm³/mol. The van der Waals surface area contributed by atoms with Crippen LogP contribution in [0, 0.1) is 5.41 Å². The molecule has 1 spiro atoms. The van der Waals surface area contributed by atoms with Crippen LogP contribution in [-0.4, -0.2) is 48.5 Å². The van der Waals surface area contributed by atoms with Crippen molar-refractivity contribution in [1.29, 1.82) is 0 Å². The normalized spacial score (nSPS) is 19.6. The summed E-state index contributed by atoms with van der Waals surface area (Å²) in [6.45, 7) is 1.19. The molecule has 1 amide bonds. The Morgan fingerprint density at radius 1 is 0.969 bits per heavy atom. The number of piperidine rings is 1. The summed E-state index contributed by atoms with van der Waals surface area (Å²) in [5.74, 6) is 0.360. The van der Waals surface area contributed by atoms with Crippen LogP contribution in [0.15, 0.2) is 54.6 Å². The van der Waals surface area contributed by atoms with Gasteiger partial charge in [0.1, 0.15) is 5.75 Å². The average Bonchev–Trinajstić information content (AvgIpc) is 3.10. The lowest BCUT2D eigenvalue weighted by molar-refractivity contribution is -0.138. The quantitative estimate of drug-likeness (QED) is 0.665. The Morgan fingerprint density at radius 2 is 1.62 bits per heavy atom. The minimum atomic E-state index is -2.83. The van der Waals surface area contributed by atoms with Gasteiger partial charge in [-0.1, -0.05) is 42.5 Å². The molecule has 0 bridgehead atoms. The number of carbonyl (C=O) groups is 1. The van der Waals surface area contributed by atoms with Crippen molar-refractivity contribution >= 4 is 5.91 Å². The zero-order valence-electron chi connectivity index (χ0n) is 18.3. The van der Waals surface area contributed by atoms with Crippen molar-refractivity contribution in [2.24, 2.45) is 11.1 Å². The molecule has 2 heterocycles. The first-order valence-electron chi connectivity index (χ1n) is 11.3. The van der Waals surface area contributed by atoms with E-state index in [-0.39, 0.29) is 23.1 Å². The summed E-state index contributed by atoms with van der Waals surface area (Å²) in [6.07, 6.45) is 3.55. The molecule has 0 radical (unpaired) electrons. The highest BCUT2D eigenvalue weighted by Crippen LogP contribution is 2.42. The van der Waals surface area contributed by atoms with Gasteiger partial charge in [0, 0.05) is 19.1 Å². The number of halogens is 2. The van der Waals surface area contributed by atoms with Crippen LogP contribution in [-0.2, 0) is 11.3 Å². The highest BCUT2D eigenvalue weighted by Gasteiger charge is 2.47. The fourth-order valence-corrected chi connectivity index (χ4v) is 4.90. The van der Waals surface area contributed by atoms with Gasteiger partial charge >= 0.3 is 6.61 Å². The number of nitrogens with zero attached hydrogens (tertiary/aromatic N) is 2. The number of ether oxygens (including phenoxy) is 1. The van der Waals surface area contributed by atoms with E-state index in [1.165, 1.54) is 12.1 Å². The van der Waals surface area contributed by atoms with Crippen LogP contribution in [0.2, 0.25) is 0 Å². The number of amides is 1. The first-order valence-corrected chi connectivity index (χ1v) is 11.3. The molecule has 172 valence electrons. The third-order valence-electron chi connectivity index (χ3n) is 6.92. The molecule has 2 N–H and O–H groups in total. The van der Waals surface area contributed by atoms with Gasteiger partial charge in [-0.05, 0) is 68.6 Å². The Balaban J connectivity index is 1.26. The number of hydrogen-bond donors (Lipinski definition) is 1. The molecule has 1 atom stereocenters. The molecule has 5 nitrogen and oxygen atoms in total. The second-order valence-electron chi connectivity index (χ2n) is 8.93. The van der Waals surface area contributed by atoms with E-state index >= 15 is 0 Å². The molecule has 7 heteroatoms. The van der Waals surface area contributed by atoms with Crippen LogP contribution >= 0.6 is 0 Å². The summed E-state index contributed by atoms with van der Waals surface area (Å²) < 4.78 is 29.0. The number of alkyl halides is 2. The number of hydrogen-bond acceptors (Lipinski definition) is 4. The number of nitrogens with two attached hydrogens (primary N) is 1. The van der Waals surface area contributed by atoms with Gasteiger partial charge in [-0.2, -0.15) is 8.78 Å². The Hall–Kier alpha value is -2.51. The number of rotatable bonds is 8. The summed E-state index contributed by atoms with van der Waals surface area (Å²) in [7, 11) is 0. The van der Waals surface area contributed by atoms with Crippen molar-refractivity contribution < 1.29 is 18.3 Å². The van der Waals surface area contributed by atoms with Crippen LogP contribution in [0.3, 0.4) is 0 Å². The first kappa shape index (κ1) is 22.7. The van der Waals surface area contributed by atoms with E-state index < -0.39 is 6.61 Å². The molecule has 2 aromatic rings. The highest BCUT2D eigenvalue weighted by molar-refractivity contribution is 5.85. The van der Waals surface area contributed by atoms with Gasteiger partial charge in [-0.15, -0.1) is 0 Å². The summed E-state index contributed by atoms with van der Waals surface area (Å²) in [5.41, 5.74) is 8.17. The molecule has 0 aliphatic carbocycles. The van der Waals surface area contributed by atoms with Crippen molar-refractivity contribution in [3.8, 4) is 5.75 Å². The third kappa shape index (κ3) is 5.27. The molecule has 2 aromatic carbocycles. The van der Waals surface area contributed by atoms with Crippen molar-refractivity contribution in [2.45, 2.75) is 44.9 Å². The zero-order valence-corrected chi connectivity index (χ0v) is 18.3. The first-order chi connectivity index (χ1) is 15.4. The van der Waals surface area contributed by atoms with E-state index in [0.29, 0.717) is 6.54 Å². The fourth-order valence-electron chi connectivity index (χ4n) is 4.90.